The smallest absolute Gasteiger partial charge is 0.327 e. The van der Waals surface area contributed by atoms with Crippen LogP contribution < -0.4 is 5.73 Å². The summed E-state index contributed by atoms with van der Waals surface area (Å²) in [5.41, 5.74) is 9.51. The summed E-state index contributed by atoms with van der Waals surface area (Å²) < 4.78 is 0. The van der Waals surface area contributed by atoms with Gasteiger partial charge in [0.1, 0.15) is 6.04 Å². The Labute approximate surface area is 191 Å². The minimum Gasteiger partial charge on any atom is -0.481 e. The molecule has 0 aromatic carbocycles. The largest absolute Gasteiger partial charge is 0.481 e. The maximum atomic E-state index is 12.7. The lowest BCUT2D eigenvalue weighted by atomic mass is 10.1. The lowest BCUT2D eigenvalue weighted by molar-refractivity contribution is -0.149. The van der Waals surface area contributed by atoms with Gasteiger partial charge in [-0.05, 0) is 59.8 Å². The van der Waals surface area contributed by atoms with Gasteiger partial charge in [0.05, 0.1) is 6.04 Å². The van der Waals surface area contributed by atoms with Gasteiger partial charge in [-0.25, -0.2) is 4.79 Å². The second-order valence-electron chi connectivity index (χ2n) is 8.03. The molecule has 0 aliphatic heterocycles. The Bertz CT molecular complexity index is 696. The van der Waals surface area contributed by atoms with Crippen LogP contribution in [0.3, 0.4) is 0 Å². The molecular formula is C23H38N2O5S. The van der Waals surface area contributed by atoms with Crippen molar-refractivity contribution in [2.45, 2.75) is 78.3 Å². The molecule has 0 fully saturated rings. The van der Waals surface area contributed by atoms with E-state index in [4.69, 9.17) is 10.8 Å². The summed E-state index contributed by atoms with van der Waals surface area (Å²) in [7, 11) is 0. The number of allylic oxidation sites excluding steroid dienone is 5. The molecule has 8 heteroatoms. The molecule has 7 nitrogen and oxygen atoms in total. The molecule has 176 valence electrons. The van der Waals surface area contributed by atoms with Crippen LogP contribution in [0.15, 0.2) is 34.9 Å². The van der Waals surface area contributed by atoms with Crippen LogP contribution in [0.2, 0.25) is 0 Å². The van der Waals surface area contributed by atoms with Crippen molar-refractivity contribution in [2.75, 3.05) is 12.3 Å². The molecule has 0 saturated carbocycles. The monoisotopic (exact) mass is 454 g/mol. The van der Waals surface area contributed by atoms with E-state index < -0.39 is 29.9 Å². The van der Waals surface area contributed by atoms with E-state index >= 15 is 0 Å². The number of carboxylic acids is 2. The highest BCUT2D eigenvalue weighted by molar-refractivity contribution is 7.80. The number of thiol groups is 1. The average Bonchev–Trinajstić information content (AvgIpc) is 2.67. The van der Waals surface area contributed by atoms with E-state index in [0.29, 0.717) is 0 Å². The standard InChI is InChI=1S/C23H38N2O5S/c1-16(2)7-5-8-17(3)9-6-10-18(4)13-14-25(20(15-31)23(29)30)22(28)19(24)11-12-21(26)27/h7,9,13,19-20,31H,5-6,8,10-12,14-15,24H2,1-4H3,(H,26,27)(H,29,30)/t19-,20-/m0/s1. The first-order chi connectivity index (χ1) is 14.5. The van der Waals surface area contributed by atoms with Gasteiger partial charge in [0.15, 0.2) is 0 Å². The molecule has 31 heavy (non-hydrogen) atoms. The van der Waals surface area contributed by atoms with Crippen molar-refractivity contribution in [1.29, 1.82) is 0 Å². The topological polar surface area (TPSA) is 121 Å². The van der Waals surface area contributed by atoms with E-state index in [1.54, 1.807) is 0 Å². The van der Waals surface area contributed by atoms with E-state index in [2.05, 4.69) is 45.6 Å². The molecule has 0 aliphatic rings. The highest BCUT2D eigenvalue weighted by Crippen LogP contribution is 2.13. The van der Waals surface area contributed by atoms with Gasteiger partial charge in [0, 0.05) is 18.7 Å². The minimum atomic E-state index is -1.17. The fraction of sp³-hybridized carbons (Fsp3) is 0.609. The van der Waals surface area contributed by atoms with Crippen molar-refractivity contribution >= 4 is 30.5 Å². The van der Waals surface area contributed by atoms with Crippen molar-refractivity contribution in [3.05, 3.63) is 34.9 Å². The number of hydrogen-bond donors (Lipinski definition) is 4. The van der Waals surface area contributed by atoms with Crippen LogP contribution in [0.4, 0.5) is 0 Å². The van der Waals surface area contributed by atoms with Crippen LogP contribution in [-0.4, -0.2) is 57.3 Å². The van der Waals surface area contributed by atoms with Crippen molar-refractivity contribution in [1.82, 2.24) is 4.90 Å². The highest BCUT2D eigenvalue weighted by atomic mass is 32.1. The molecule has 0 unspecified atom stereocenters. The number of amides is 1. The Kier molecular flexibility index (Phi) is 14.7. The fourth-order valence-corrected chi connectivity index (χ4v) is 3.24. The Hall–Kier alpha value is -2.06. The zero-order chi connectivity index (χ0) is 24.0. The third kappa shape index (κ3) is 13.1. The van der Waals surface area contributed by atoms with Gasteiger partial charge >= 0.3 is 11.9 Å². The van der Waals surface area contributed by atoms with Crippen LogP contribution >= 0.6 is 12.6 Å². The Morgan fingerprint density at radius 2 is 1.48 bits per heavy atom. The normalized spacial score (nSPS) is 14.0. The SMILES string of the molecule is CC(C)=CCCC(C)=CCCC(C)=CCN(C(=O)[C@@H](N)CCC(=O)O)[C@@H](CS)C(=O)O. The van der Waals surface area contributed by atoms with E-state index in [0.717, 1.165) is 31.3 Å². The van der Waals surface area contributed by atoms with Crippen molar-refractivity contribution in [3.63, 3.8) is 0 Å². The van der Waals surface area contributed by atoms with Gasteiger partial charge < -0.3 is 20.8 Å². The van der Waals surface area contributed by atoms with Crippen LogP contribution in [-0.2, 0) is 14.4 Å². The Balaban J connectivity index is 5.04. The predicted molar refractivity (Wildman–Crippen MR) is 127 cm³/mol. The highest BCUT2D eigenvalue weighted by Gasteiger charge is 2.31. The van der Waals surface area contributed by atoms with E-state index in [1.807, 2.05) is 13.0 Å². The predicted octanol–water partition coefficient (Wildman–Crippen LogP) is 3.81. The summed E-state index contributed by atoms with van der Waals surface area (Å²) in [4.78, 5) is 36.2. The molecule has 1 amide bonds. The van der Waals surface area contributed by atoms with Gasteiger partial charge in [0.2, 0.25) is 5.91 Å². The number of hydrogen-bond acceptors (Lipinski definition) is 5. The van der Waals surface area contributed by atoms with E-state index in [1.165, 1.54) is 16.0 Å². The van der Waals surface area contributed by atoms with Crippen molar-refractivity contribution in [2.24, 2.45) is 5.73 Å². The van der Waals surface area contributed by atoms with Crippen molar-refractivity contribution in [3.8, 4) is 0 Å². The number of rotatable bonds is 15. The molecule has 0 aliphatic carbocycles. The second-order valence-corrected chi connectivity index (χ2v) is 8.39. The summed E-state index contributed by atoms with van der Waals surface area (Å²) in [5, 5.41) is 18.2. The molecule has 0 heterocycles. The molecule has 0 aromatic rings. The number of nitrogens with zero attached hydrogens (tertiary/aromatic N) is 1. The summed E-state index contributed by atoms with van der Waals surface area (Å²) in [6.45, 7) is 8.31. The summed E-state index contributed by atoms with van der Waals surface area (Å²) in [6, 6.07) is -2.20. The quantitative estimate of drug-likeness (QED) is 0.221. The van der Waals surface area contributed by atoms with Gasteiger partial charge in [-0.2, -0.15) is 12.6 Å². The number of carbonyl (C=O) groups is 3. The van der Waals surface area contributed by atoms with Crippen LogP contribution in [0.5, 0.6) is 0 Å². The average molecular weight is 455 g/mol. The zero-order valence-electron chi connectivity index (χ0n) is 19.1. The lowest BCUT2D eigenvalue weighted by Gasteiger charge is -2.29. The molecule has 0 aromatic heterocycles. The number of carboxylic acid groups (broad SMARTS) is 2. The second kappa shape index (κ2) is 15.7. The minimum absolute atomic E-state index is 0.0525. The lowest BCUT2D eigenvalue weighted by Crippen LogP contribution is -2.52. The van der Waals surface area contributed by atoms with Crippen molar-refractivity contribution < 1.29 is 24.6 Å². The summed E-state index contributed by atoms with van der Waals surface area (Å²) in [6.07, 6.45) is 9.65. The molecule has 0 saturated heterocycles. The Morgan fingerprint density at radius 3 is 1.97 bits per heavy atom. The molecule has 4 N–H and O–H groups in total. The number of nitrogens with two attached hydrogens (primary N) is 1. The van der Waals surface area contributed by atoms with E-state index in [-0.39, 0.29) is 25.1 Å². The fourth-order valence-electron chi connectivity index (χ4n) is 2.89. The molecule has 0 bridgehead atoms. The number of carbonyl (C=O) groups excluding carboxylic acids is 1. The van der Waals surface area contributed by atoms with E-state index in [9.17, 15) is 19.5 Å². The summed E-state index contributed by atoms with van der Waals surface area (Å²) >= 11 is 4.06. The maximum absolute atomic E-state index is 12.7. The molecule has 0 spiro atoms. The van der Waals surface area contributed by atoms with Gasteiger partial charge in [-0.1, -0.05) is 34.9 Å². The molecule has 0 rings (SSSR count). The summed E-state index contributed by atoms with van der Waals surface area (Å²) in [5.74, 6) is -2.87. The first kappa shape index (κ1) is 28.9. The van der Waals surface area contributed by atoms with Crippen LogP contribution in [0.1, 0.15) is 66.2 Å². The Morgan fingerprint density at radius 1 is 0.935 bits per heavy atom. The number of aliphatic carboxylic acids is 2. The first-order valence-corrected chi connectivity index (χ1v) is 11.2. The van der Waals surface area contributed by atoms with Gasteiger partial charge in [-0.3, -0.25) is 9.59 Å². The molecule has 2 atom stereocenters. The van der Waals surface area contributed by atoms with Gasteiger partial charge in [-0.15, -0.1) is 0 Å². The van der Waals surface area contributed by atoms with Crippen LogP contribution in [0, 0.1) is 0 Å². The third-order valence-corrected chi connectivity index (χ3v) is 5.21. The third-order valence-electron chi connectivity index (χ3n) is 4.86. The first-order valence-electron chi connectivity index (χ1n) is 10.6. The molecule has 0 radical (unpaired) electrons. The maximum Gasteiger partial charge on any atom is 0.327 e. The van der Waals surface area contributed by atoms with Crippen LogP contribution in [0.25, 0.3) is 0 Å². The zero-order valence-corrected chi connectivity index (χ0v) is 20.0. The molecular weight excluding hydrogens is 416 g/mol. The van der Waals surface area contributed by atoms with Gasteiger partial charge in [0.25, 0.3) is 0 Å².